The number of quaternary nitrogens is 1. The molecular formula is C18H28N7+. The first-order valence-corrected chi connectivity index (χ1v) is 9.25. The number of hydrogen-bond donors (Lipinski definition) is 3. The summed E-state index contributed by atoms with van der Waals surface area (Å²) in [5, 5.41) is 14.1. The van der Waals surface area contributed by atoms with Crippen molar-refractivity contribution in [1.82, 2.24) is 25.5 Å². The molecule has 4 heterocycles. The van der Waals surface area contributed by atoms with Crippen molar-refractivity contribution in [2.24, 2.45) is 0 Å². The summed E-state index contributed by atoms with van der Waals surface area (Å²) in [7, 11) is 2.34. The second-order valence-electron chi connectivity index (χ2n) is 8.01. The molecule has 2 aliphatic rings. The van der Waals surface area contributed by atoms with E-state index < -0.39 is 0 Å². The lowest BCUT2D eigenvalue weighted by atomic mass is 10.0. The van der Waals surface area contributed by atoms with Crippen molar-refractivity contribution in [3.8, 4) is 0 Å². The highest BCUT2D eigenvalue weighted by atomic mass is 15.4. The first-order valence-electron chi connectivity index (χ1n) is 9.25. The number of likely N-dealkylation sites (N-methyl/N-ethyl adjacent to an activating group) is 1. The molecule has 1 fully saturated rings. The van der Waals surface area contributed by atoms with Crippen molar-refractivity contribution in [1.29, 1.82) is 0 Å². The molecule has 4 rings (SSSR count). The first kappa shape index (κ1) is 16.5. The molecule has 1 saturated heterocycles. The fourth-order valence-corrected chi connectivity index (χ4v) is 3.68. The maximum atomic E-state index is 4.79. The van der Waals surface area contributed by atoms with Crippen molar-refractivity contribution in [2.75, 3.05) is 32.0 Å². The van der Waals surface area contributed by atoms with Gasteiger partial charge >= 0.3 is 0 Å². The van der Waals surface area contributed by atoms with Crippen LogP contribution in [0.3, 0.4) is 0 Å². The van der Waals surface area contributed by atoms with Gasteiger partial charge < -0.3 is 15.1 Å². The fraction of sp³-hybridized carbons (Fsp3) is 0.611. The normalized spacial score (nSPS) is 25.5. The molecule has 2 atom stereocenters. The van der Waals surface area contributed by atoms with E-state index in [-0.39, 0.29) is 0 Å². The monoisotopic (exact) mass is 342 g/mol. The third kappa shape index (κ3) is 3.52. The molecule has 134 valence electrons. The van der Waals surface area contributed by atoms with E-state index in [4.69, 9.17) is 9.97 Å². The van der Waals surface area contributed by atoms with Gasteiger partial charge in [0.2, 0.25) is 0 Å². The minimum Gasteiger partial charge on any atom is -0.322 e. The highest BCUT2D eigenvalue weighted by Crippen LogP contribution is 2.25. The van der Waals surface area contributed by atoms with Gasteiger partial charge in [-0.3, -0.25) is 5.10 Å². The van der Waals surface area contributed by atoms with Gasteiger partial charge in [-0.2, -0.15) is 5.10 Å². The average molecular weight is 342 g/mol. The van der Waals surface area contributed by atoms with Gasteiger partial charge in [0.05, 0.1) is 38.1 Å². The molecule has 0 spiro atoms. The molecular weight excluding hydrogens is 314 g/mol. The maximum absolute atomic E-state index is 4.79. The van der Waals surface area contributed by atoms with Crippen LogP contribution in [0.4, 0.5) is 11.6 Å². The summed E-state index contributed by atoms with van der Waals surface area (Å²) < 4.78 is 1.06. The lowest BCUT2D eigenvalue weighted by molar-refractivity contribution is -0.926. The zero-order valence-corrected chi connectivity index (χ0v) is 15.3. The molecule has 2 aromatic rings. The van der Waals surface area contributed by atoms with Gasteiger partial charge in [-0.1, -0.05) is 13.8 Å². The van der Waals surface area contributed by atoms with Crippen molar-refractivity contribution in [3.63, 3.8) is 0 Å². The Morgan fingerprint density at radius 3 is 2.84 bits per heavy atom. The Bertz CT molecular complexity index is 750. The van der Waals surface area contributed by atoms with Gasteiger partial charge in [0.15, 0.2) is 5.82 Å². The molecule has 2 aliphatic heterocycles. The Morgan fingerprint density at radius 1 is 1.32 bits per heavy atom. The zero-order chi connectivity index (χ0) is 17.4. The summed E-state index contributed by atoms with van der Waals surface area (Å²) >= 11 is 0. The fourth-order valence-electron chi connectivity index (χ4n) is 3.68. The van der Waals surface area contributed by atoms with Crippen molar-refractivity contribution < 1.29 is 4.48 Å². The van der Waals surface area contributed by atoms with Gasteiger partial charge in [0.1, 0.15) is 18.1 Å². The Morgan fingerprint density at radius 2 is 2.16 bits per heavy atom. The Kier molecular flexibility index (Phi) is 4.21. The third-order valence-electron chi connectivity index (χ3n) is 5.41. The van der Waals surface area contributed by atoms with E-state index in [0.717, 1.165) is 52.7 Å². The van der Waals surface area contributed by atoms with E-state index in [1.165, 1.54) is 19.5 Å². The SMILES string of the molecule is CC(C)c1cc(Nc2cnc3c(n2)CC[N+](C)(C[C@H]2CCN2)C3)n[nH]1. The largest absolute Gasteiger partial charge is 0.322 e. The van der Waals surface area contributed by atoms with E-state index in [0.29, 0.717) is 12.0 Å². The van der Waals surface area contributed by atoms with Gasteiger partial charge in [-0.15, -0.1) is 0 Å². The number of nitrogens with one attached hydrogen (secondary N) is 3. The van der Waals surface area contributed by atoms with E-state index in [9.17, 15) is 0 Å². The van der Waals surface area contributed by atoms with Crippen LogP contribution >= 0.6 is 0 Å². The summed E-state index contributed by atoms with van der Waals surface area (Å²) in [6.45, 7) is 8.74. The predicted molar refractivity (Wildman–Crippen MR) is 97.7 cm³/mol. The molecule has 0 aliphatic carbocycles. The summed E-state index contributed by atoms with van der Waals surface area (Å²) in [6, 6.07) is 2.71. The number of H-pyrrole nitrogens is 1. The molecule has 0 bridgehead atoms. The zero-order valence-electron chi connectivity index (χ0n) is 15.3. The Balaban J connectivity index is 1.45. The van der Waals surface area contributed by atoms with Crippen LogP contribution in [0, 0.1) is 0 Å². The third-order valence-corrected chi connectivity index (χ3v) is 5.41. The second kappa shape index (κ2) is 6.38. The van der Waals surface area contributed by atoms with Gasteiger partial charge in [0, 0.05) is 18.2 Å². The lowest BCUT2D eigenvalue weighted by Gasteiger charge is -2.42. The van der Waals surface area contributed by atoms with Crippen LogP contribution in [0.1, 0.15) is 43.3 Å². The number of rotatable bonds is 5. The smallest absolute Gasteiger partial charge is 0.153 e. The van der Waals surface area contributed by atoms with E-state index in [1.54, 1.807) is 0 Å². The predicted octanol–water partition coefficient (Wildman–Crippen LogP) is 1.93. The van der Waals surface area contributed by atoms with Crippen LogP contribution in [0.25, 0.3) is 0 Å². The minimum atomic E-state index is 0.429. The van der Waals surface area contributed by atoms with Crippen LogP contribution in [-0.4, -0.2) is 57.4 Å². The standard InChI is InChI=1S/C18H28N7/c1-12(2)15-8-17(24-23-15)22-18-9-20-16-11-25(3,7-5-14(16)21-18)10-13-4-6-19-13/h8-9,12-13,19H,4-7,10-11H2,1-3H3,(H2,21,22,23,24)/q+1/t13-,25?/m1/s1. The lowest BCUT2D eigenvalue weighted by Crippen LogP contribution is -2.58. The first-order chi connectivity index (χ1) is 12.0. The molecule has 7 heteroatoms. The Labute approximate surface area is 148 Å². The van der Waals surface area contributed by atoms with Gasteiger partial charge in [0.25, 0.3) is 0 Å². The number of aromatic amines is 1. The van der Waals surface area contributed by atoms with Crippen LogP contribution in [0.2, 0.25) is 0 Å². The minimum absolute atomic E-state index is 0.429. The van der Waals surface area contributed by atoms with Crippen LogP contribution in [0.15, 0.2) is 12.3 Å². The second-order valence-corrected chi connectivity index (χ2v) is 8.01. The van der Waals surface area contributed by atoms with Crippen LogP contribution in [-0.2, 0) is 13.0 Å². The van der Waals surface area contributed by atoms with Crippen molar-refractivity contribution in [2.45, 2.75) is 45.2 Å². The number of anilines is 2. The van der Waals surface area contributed by atoms with Crippen molar-refractivity contribution in [3.05, 3.63) is 29.3 Å². The molecule has 7 nitrogen and oxygen atoms in total. The number of fused-ring (bicyclic) bond motifs is 1. The van der Waals surface area contributed by atoms with E-state index in [1.807, 2.05) is 12.3 Å². The molecule has 0 radical (unpaired) electrons. The van der Waals surface area contributed by atoms with Gasteiger partial charge in [-0.05, 0) is 18.9 Å². The topological polar surface area (TPSA) is 78.5 Å². The Hall–Kier alpha value is -1.99. The average Bonchev–Trinajstić information content (AvgIpc) is 3.00. The van der Waals surface area contributed by atoms with Crippen LogP contribution < -0.4 is 10.6 Å². The van der Waals surface area contributed by atoms with Crippen molar-refractivity contribution >= 4 is 11.6 Å². The van der Waals surface area contributed by atoms with Crippen LogP contribution in [0.5, 0.6) is 0 Å². The number of hydrogen-bond acceptors (Lipinski definition) is 5. The summed E-state index contributed by atoms with van der Waals surface area (Å²) in [5.41, 5.74) is 3.39. The molecule has 1 unspecified atom stereocenters. The van der Waals surface area contributed by atoms with Gasteiger partial charge in [-0.25, -0.2) is 9.97 Å². The number of aromatic nitrogens is 4. The number of nitrogens with zero attached hydrogens (tertiary/aromatic N) is 4. The van der Waals surface area contributed by atoms with E-state index >= 15 is 0 Å². The highest BCUT2D eigenvalue weighted by molar-refractivity contribution is 5.51. The molecule has 0 amide bonds. The molecule has 25 heavy (non-hydrogen) atoms. The summed E-state index contributed by atoms with van der Waals surface area (Å²) in [4.78, 5) is 9.49. The highest BCUT2D eigenvalue weighted by Gasteiger charge is 2.34. The molecule has 0 aromatic carbocycles. The molecule has 0 saturated carbocycles. The van der Waals surface area contributed by atoms with E-state index in [2.05, 4.69) is 41.7 Å². The maximum Gasteiger partial charge on any atom is 0.153 e. The molecule has 3 N–H and O–H groups in total. The summed E-state index contributed by atoms with van der Waals surface area (Å²) in [6.07, 6.45) is 4.12. The summed E-state index contributed by atoms with van der Waals surface area (Å²) in [5.74, 6) is 2.00. The molecule has 2 aromatic heterocycles. The quantitative estimate of drug-likeness (QED) is 0.724.